The average molecular weight is 371 g/mol. The first-order valence-corrected chi connectivity index (χ1v) is 9.97. The number of rotatable bonds is 4. The molecule has 1 spiro atoms. The molecule has 1 aliphatic heterocycles. The molecule has 2 aliphatic rings. The molecule has 28 heavy (non-hydrogen) atoms. The fraction of sp³-hybridized carbons (Fsp3) is 0.348. The summed E-state index contributed by atoms with van der Waals surface area (Å²) in [7, 11) is 1.86. The van der Waals surface area contributed by atoms with E-state index < -0.39 is 0 Å². The van der Waals surface area contributed by atoms with Gasteiger partial charge in [0.1, 0.15) is 12.1 Å². The molecule has 5 heteroatoms. The molecule has 0 atom stereocenters. The Morgan fingerprint density at radius 1 is 1.00 bits per heavy atom. The van der Waals surface area contributed by atoms with Crippen LogP contribution in [0.2, 0.25) is 0 Å². The number of aromatic nitrogens is 3. The molecule has 0 radical (unpaired) electrons. The number of benzene rings is 1. The maximum Gasteiger partial charge on any atom is 0.129 e. The molecule has 1 N–H and O–H groups in total. The van der Waals surface area contributed by atoms with Gasteiger partial charge in [0.05, 0.1) is 5.69 Å². The molecule has 1 saturated heterocycles. The predicted octanol–water partition coefficient (Wildman–Crippen LogP) is 4.55. The van der Waals surface area contributed by atoms with Gasteiger partial charge in [0.15, 0.2) is 0 Å². The lowest BCUT2D eigenvalue weighted by Crippen LogP contribution is -2.19. The van der Waals surface area contributed by atoms with Crippen LogP contribution in [0.4, 0.5) is 11.5 Å². The van der Waals surface area contributed by atoms with Crippen LogP contribution in [-0.2, 0) is 0 Å². The smallest absolute Gasteiger partial charge is 0.129 e. The van der Waals surface area contributed by atoms with Crippen molar-refractivity contribution >= 4 is 11.5 Å². The van der Waals surface area contributed by atoms with Crippen LogP contribution in [-0.4, -0.2) is 35.1 Å². The molecule has 1 saturated carbocycles. The van der Waals surface area contributed by atoms with E-state index in [1.54, 1.807) is 6.33 Å². The van der Waals surface area contributed by atoms with Crippen molar-refractivity contribution < 1.29 is 0 Å². The van der Waals surface area contributed by atoms with Gasteiger partial charge >= 0.3 is 0 Å². The fourth-order valence-electron chi connectivity index (χ4n) is 4.24. The standard InChI is InChI=1S/C23H25N5/c1-16-3-4-19(28-8-7-23(14-28)5-6-23)10-20(16)17-9-18(13-25-12-17)21-11-22(24-2)27-15-26-21/h3-4,9-13,15H,5-8,14H2,1-2H3,(H,24,26,27). The van der Waals surface area contributed by atoms with Gasteiger partial charge in [0, 0.05) is 55.4 Å². The van der Waals surface area contributed by atoms with Crippen molar-refractivity contribution in [2.75, 3.05) is 30.4 Å². The van der Waals surface area contributed by atoms with Crippen molar-refractivity contribution in [2.24, 2.45) is 5.41 Å². The molecular formula is C23H25N5. The Hall–Kier alpha value is -2.95. The van der Waals surface area contributed by atoms with Gasteiger partial charge in [-0.05, 0) is 60.9 Å². The van der Waals surface area contributed by atoms with Crippen molar-refractivity contribution in [3.63, 3.8) is 0 Å². The number of anilines is 2. The Morgan fingerprint density at radius 2 is 1.86 bits per heavy atom. The van der Waals surface area contributed by atoms with E-state index in [4.69, 9.17) is 0 Å². The van der Waals surface area contributed by atoms with Gasteiger partial charge in [0.2, 0.25) is 0 Å². The van der Waals surface area contributed by atoms with E-state index in [0.29, 0.717) is 5.41 Å². The van der Waals surface area contributed by atoms with Crippen molar-refractivity contribution in [3.8, 4) is 22.4 Å². The maximum absolute atomic E-state index is 4.50. The first kappa shape index (κ1) is 17.2. The number of hydrogen-bond acceptors (Lipinski definition) is 5. The summed E-state index contributed by atoms with van der Waals surface area (Å²) >= 11 is 0. The zero-order valence-electron chi connectivity index (χ0n) is 16.4. The van der Waals surface area contributed by atoms with E-state index in [1.807, 2.05) is 25.5 Å². The summed E-state index contributed by atoms with van der Waals surface area (Å²) in [6.07, 6.45) is 9.54. The fourth-order valence-corrected chi connectivity index (χ4v) is 4.24. The summed E-state index contributed by atoms with van der Waals surface area (Å²) < 4.78 is 0. The van der Waals surface area contributed by atoms with Crippen LogP contribution in [0.3, 0.4) is 0 Å². The Bertz CT molecular complexity index is 1030. The molecule has 3 heterocycles. The molecule has 2 aromatic heterocycles. The third-order valence-corrected chi connectivity index (χ3v) is 6.25. The highest BCUT2D eigenvalue weighted by atomic mass is 15.2. The Balaban J connectivity index is 1.49. The molecule has 0 amide bonds. The number of hydrogen-bond donors (Lipinski definition) is 1. The quantitative estimate of drug-likeness (QED) is 0.729. The van der Waals surface area contributed by atoms with E-state index >= 15 is 0 Å². The van der Waals surface area contributed by atoms with E-state index in [0.717, 1.165) is 22.6 Å². The van der Waals surface area contributed by atoms with E-state index in [9.17, 15) is 0 Å². The van der Waals surface area contributed by atoms with E-state index in [-0.39, 0.29) is 0 Å². The molecule has 0 bridgehead atoms. The summed E-state index contributed by atoms with van der Waals surface area (Å²) in [4.78, 5) is 15.7. The second-order valence-electron chi connectivity index (χ2n) is 8.17. The van der Waals surface area contributed by atoms with Crippen LogP contribution in [0.15, 0.2) is 49.1 Å². The Morgan fingerprint density at radius 3 is 2.64 bits per heavy atom. The zero-order chi connectivity index (χ0) is 19.1. The Labute approximate surface area is 165 Å². The molecule has 5 rings (SSSR count). The normalized spacial score (nSPS) is 17.1. The number of pyridine rings is 1. The van der Waals surface area contributed by atoms with Crippen LogP contribution in [0.25, 0.3) is 22.4 Å². The molecule has 1 aromatic carbocycles. The minimum atomic E-state index is 0.630. The van der Waals surface area contributed by atoms with Gasteiger partial charge in [-0.1, -0.05) is 6.07 Å². The van der Waals surface area contributed by atoms with Crippen LogP contribution in [0.5, 0.6) is 0 Å². The van der Waals surface area contributed by atoms with Crippen LogP contribution in [0, 0.1) is 12.3 Å². The highest BCUT2D eigenvalue weighted by Crippen LogP contribution is 2.53. The summed E-state index contributed by atoms with van der Waals surface area (Å²) in [5.41, 5.74) is 7.46. The van der Waals surface area contributed by atoms with Crippen LogP contribution in [0.1, 0.15) is 24.8 Å². The number of nitrogens with one attached hydrogen (secondary N) is 1. The first-order chi connectivity index (χ1) is 13.7. The van der Waals surface area contributed by atoms with Crippen molar-refractivity contribution in [3.05, 3.63) is 54.6 Å². The topological polar surface area (TPSA) is 53.9 Å². The summed E-state index contributed by atoms with van der Waals surface area (Å²) in [6, 6.07) is 11.0. The van der Waals surface area contributed by atoms with Gasteiger partial charge in [-0.3, -0.25) is 4.98 Å². The lowest BCUT2D eigenvalue weighted by Gasteiger charge is -2.20. The molecule has 2 fully saturated rings. The minimum absolute atomic E-state index is 0.630. The highest BCUT2D eigenvalue weighted by Gasteiger charge is 2.47. The lowest BCUT2D eigenvalue weighted by molar-refractivity contribution is 0.581. The van der Waals surface area contributed by atoms with Crippen molar-refractivity contribution in [2.45, 2.75) is 26.2 Å². The third kappa shape index (κ3) is 3.11. The summed E-state index contributed by atoms with van der Waals surface area (Å²) in [6.45, 7) is 4.55. The van der Waals surface area contributed by atoms with E-state index in [1.165, 1.54) is 49.2 Å². The zero-order valence-corrected chi connectivity index (χ0v) is 16.4. The predicted molar refractivity (Wildman–Crippen MR) is 113 cm³/mol. The van der Waals surface area contributed by atoms with Crippen molar-refractivity contribution in [1.82, 2.24) is 15.0 Å². The number of aryl methyl sites for hydroxylation is 1. The van der Waals surface area contributed by atoms with Gasteiger partial charge in [0.25, 0.3) is 0 Å². The minimum Gasteiger partial charge on any atom is -0.373 e. The second-order valence-corrected chi connectivity index (χ2v) is 8.17. The third-order valence-electron chi connectivity index (χ3n) is 6.25. The molecule has 0 unspecified atom stereocenters. The molecule has 3 aromatic rings. The molecular weight excluding hydrogens is 346 g/mol. The maximum atomic E-state index is 4.50. The molecule has 142 valence electrons. The van der Waals surface area contributed by atoms with Gasteiger partial charge < -0.3 is 10.2 Å². The second kappa shape index (κ2) is 6.59. The average Bonchev–Trinajstić information content (AvgIpc) is 3.37. The van der Waals surface area contributed by atoms with Gasteiger partial charge in [-0.25, -0.2) is 9.97 Å². The van der Waals surface area contributed by atoms with Gasteiger partial charge in [-0.15, -0.1) is 0 Å². The lowest BCUT2D eigenvalue weighted by atomic mass is 9.99. The largest absolute Gasteiger partial charge is 0.373 e. The van der Waals surface area contributed by atoms with Crippen LogP contribution < -0.4 is 10.2 Å². The molecule has 5 nitrogen and oxygen atoms in total. The van der Waals surface area contributed by atoms with Crippen LogP contribution >= 0.6 is 0 Å². The van der Waals surface area contributed by atoms with Crippen molar-refractivity contribution in [1.29, 1.82) is 0 Å². The monoisotopic (exact) mass is 371 g/mol. The SMILES string of the molecule is CNc1cc(-c2cncc(-c3cc(N4CCC5(CC5)C4)ccc3C)c2)ncn1. The number of nitrogens with zero attached hydrogens (tertiary/aromatic N) is 4. The summed E-state index contributed by atoms with van der Waals surface area (Å²) in [5.74, 6) is 0.802. The first-order valence-electron chi connectivity index (χ1n) is 9.97. The molecule has 1 aliphatic carbocycles. The van der Waals surface area contributed by atoms with Gasteiger partial charge in [-0.2, -0.15) is 0 Å². The van der Waals surface area contributed by atoms with E-state index in [2.05, 4.69) is 56.4 Å². The Kier molecular flexibility index (Phi) is 4.04. The summed E-state index contributed by atoms with van der Waals surface area (Å²) in [5, 5.41) is 3.07. The highest BCUT2D eigenvalue weighted by molar-refractivity contribution is 5.75.